The summed E-state index contributed by atoms with van der Waals surface area (Å²) in [5, 5.41) is 0.270. The minimum Gasteiger partial charge on any atom is -0.321 e. The van der Waals surface area contributed by atoms with Crippen LogP contribution in [-0.2, 0) is 0 Å². The van der Waals surface area contributed by atoms with Crippen LogP contribution in [-0.4, -0.2) is 11.8 Å². The molecule has 1 atom stereocenters. The van der Waals surface area contributed by atoms with E-state index < -0.39 is 11.9 Å². The summed E-state index contributed by atoms with van der Waals surface area (Å²) in [4.78, 5) is 11.8. The molecule has 0 heterocycles. The molecule has 0 bridgehead atoms. The summed E-state index contributed by atoms with van der Waals surface area (Å²) in [6.07, 6.45) is 0.543. The fraction of sp³-hybridized carbons (Fsp3) is 0.417. The van der Waals surface area contributed by atoms with E-state index in [0.717, 1.165) is 6.07 Å². The highest BCUT2D eigenvalue weighted by atomic mass is 35.5. The Morgan fingerprint density at radius 3 is 2.62 bits per heavy atom. The minimum atomic E-state index is -0.657. The Hall–Kier alpha value is -0.930. The van der Waals surface area contributed by atoms with Crippen molar-refractivity contribution in [2.75, 3.05) is 0 Å². The number of hydrogen-bond acceptors (Lipinski definition) is 2. The van der Waals surface area contributed by atoms with E-state index in [9.17, 15) is 9.18 Å². The number of Topliss-reactive ketones (excluding diaryl/α,β-unsaturated/α-hetero) is 1. The van der Waals surface area contributed by atoms with Crippen molar-refractivity contribution < 1.29 is 9.18 Å². The lowest BCUT2D eigenvalue weighted by Crippen LogP contribution is -2.32. The Bertz CT molecular complexity index is 393. The van der Waals surface area contributed by atoms with Crippen LogP contribution in [0, 0.1) is 11.7 Å². The van der Waals surface area contributed by atoms with E-state index in [2.05, 4.69) is 0 Å². The maximum atomic E-state index is 13.4. The molecule has 0 spiro atoms. The molecule has 88 valence electrons. The van der Waals surface area contributed by atoms with Crippen LogP contribution < -0.4 is 5.73 Å². The SMILES string of the molecule is CC(C)CC(N)C(=O)c1ccc(Cl)cc1F. The van der Waals surface area contributed by atoms with Crippen molar-refractivity contribution in [2.45, 2.75) is 26.3 Å². The molecule has 0 aromatic heterocycles. The highest BCUT2D eigenvalue weighted by molar-refractivity contribution is 6.30. The highest BCUT2D eigenvalue weighted by Crippen LogP contribution is 2.17. The first kappa shape index (κ1) is 13.1. The molecule has 1 rings (SSSR count). The summed E-state index contributed by atoms with van der Waals surface area (Å²) in [5.74, 6) is -0.686. The van der Waals surface area contributed by atoms with Crippen LogP contribution in [0.15, 0.2) is 18.2 Å². The molecule has 1 unspecified atom stereocenters. The Kier molecular flexibility index (Phi) is 4.44. The second-order valence-electron chi connectivity index (χ2n) is 4.22. The van der Waals surface area contributed by atoms with Crippen LogP contribution in [0.4, 0.5) is 4.39 Å². The number of rotatable bonds is 4. The van der Waals surface area contributed by atoms with Crippen LogP contribution in [0.25, 0.3) is 0 Å². The van der Waals surface area contributed by atoms with Gasteiger partial charge in [-0.15, -0.1) is 0 Å². The average molecular weight is 244 g/mol. The first-order valence-electron chi connectivity index (χ1n) is 5.16. The van der Waals surface area contributed by atoms with Gasteiger partial charge in [0.15, 0.2) is 5.78 Å². The summed E-state index contributed by atoms with van der Waals surface area (Å²) in [6, 6.07) is 3.33. The van der Waals surface area contributed by atoms with Gasteiger partial charge in [-0.1, -0.05) is 25.4 Å². The molecule has 2 N–H and O–H groups in total. The van der Waals surface area contributed by atoms with Crippen LogP contribution in [0.2, 0.25) is 5.02 Å². The van der Waals surface area contributed by atoms with Crippen LogP contribution in [0.1, 0.15) is 30.6 Å². The van der Waals surface area contributed by atoms with E-state index in [1.165, 1.54) is 12.1 Å². The van der Waals surface area contributed by atoms with E-state index in [-0.39, 0.29) is 16.4 Å². The Morgan fingerprint density at radius 1 is 1.50 bits per heavy atom. The predicted octanol–water partition coefficient (Wildman–Crippen LogP) is 3.04. The number of halogens is 2. The maximum absolute atomic E-state index is 13.4. The van der Waals surface area contributed by atoms with Crippen LogP contribution >= 0.6 is 11.6 Å². The van der Waals surface area contributed by atoms with Crippen molar-refractivity contribution in [2.24, 2.45) is 11.7 Å². The Morgan fingerprint density at radius 2 is 2.12 bits per heavy atom. The molecular weight excluding hydrogens is 229 g/mol. The maximum Gasteiger partial charge on any atom is 0.182 e. The predicted molar refractivity (Wildman–Crippen MR) is 63.2 cm³/mol. The number of hydrogen-bond donors (Lipinski definition) is 1. The molecule has 0 fully saturated rings. The van der Waals surface area contributed by atoms with Gasteiger partial charge in [-0.25, -0.2) is 4.39 Å². The van der Waals surface area contributed by atoms with Gasteiger partial charge in [0.1, 0.15) is 5.82 Å². The molecule has 2 nitrogen and oxygen atoms in total. The van der Waals surface area contributed by atoms with Crippen LogP contribution in [0.3, 0.4) is 0 Å². The van der Waals surface area contributed by atoms with Gasteiger partial charge in [0.05, 0.1) is 11.6 Å². The molecule has 4 heteroatoms. The first-order valence-corrected chi connectivity index (χ1v) is 5.54. The standard InChI is InChI=1S/C12H15ClFNO/c1-7(2)5-11(15)12(16)9-4-3-8(13)6-10(9)14/h3-4,6-7,11H,5,15H2,1-2H3. The van der Waals surface area contributed by atoms with Gasteiger partial charge in [-0.2, -0.15) is 0 Å². The van der Waals surface area contributed by atoms with Crippen molar-refractivity contribution in [1.82, 2.24) is 0 Å². The van der Waals surface area contributed by atoms with Crippen molar-refractivity contribution in [3.63, 3.8) is 0 Å². The van der Waals surface area contributed by atoms with Crippen LogP contribution in [0.5, 0.6) is 0 Å². The normalized spacial score (nSPS) is 12.9. The van der Waals surface area contributed by atoms with Gasteiger partial charge in [0.25, 0.3) is 0 Å². The average Bonchev–Trinajstić information content (AvgIpc) is 2.15. The zero-order valence-electron chi connectivity index (χ0n) is 9.34. The second-order valence-corrected chi connectivity index (χ2v) is 4.66. The molecule has 16 heavy (non-hydrogen) atoms. The van der Waals surface area contributed by atoms with Gasteiger partial charge in [-0.3, -0.25) is 4.79 Å². The lowest BCUT2D eigenvalue weighted by Gasteiger charge is -2.13. The smallest absolute Gasteiger partial charge is 0.182 e. The minimum absolute atomic E-state index is 0.0116. The van der Waals surface area contributed by atoms with Gasteiger partial charge in [-0.05, 0) is 30.5 Å². The Balaban J connectivity index is 2.88. The fourth-order valence-electron chi connectivity index (χ4n) is 1.50. The highest BCUT2D eigenvalue weighted by Gasteiger charge is 2.20. The summed E-state index contributed by atoms with van der Waals surface area (Å²) >= 11 is 5.60. The molecular formula is C12H15ClFNO. The third-order valence-corrected chi connectivity index (χ3v) is 2.49. The Labute approximate surface area is 99.6 Å². The number of nitrogens with two attached hydrogens (primary N) is 1. The van der Waals surface area contributed by atoms with Gasteiger partial charge >= 0.3 is 0 Å². The lowest BCUT2D eigenvalue weighted by atomic mass is 9.96. The number of ketones is 1. The lowest BCUT2D eigenvalue weighted by molar-refractivity contribution is 0.0947. The second kappa shape index (κ2) is 5.41. The molecule has 0 amide bonds. The quantitative estimate of drug-likeness (QED) is 0.826. The van der Waals surface area contributed by atoms with Gasteiger partial charge < -0.3 is 5.73 Å². The first-order chi connectivity index (χ1) is 7.41. The molecule has 1 aromatic carbocycles. The van der Waals surface area contributed by atoms with Crippen molar-refractivity contribution >= 4 is 17.4 Å². The molecule has 0 radical (unpaired) electrons. The van der Waals surface area contributed by atoms with Gasteiger partial charge in [0, 0.05) is 5.02 Å². The van der Waals surface area contributed by atoms with E-state index in [0.29, 0.717) is 12.3 Å². The van der Waals surface area contributed by atoms with Crippen molar-refractivity contribution in [3.05, 3.63) is 34.6 Å². The molecule has 0 aliphatic carbocycles. The number of benzene rings is 1. The molecule has 0 saturated heterocycles. The molecule has 0 aliphatic heterocycles. The summed E-state index contributed by atoms with van der Waals surface area (Å²) in [6.45, 7) is 3.93. The monoisotopic (exact) mass is 243 g/mol. The zero-order valence-corrected chi connectivity index (χ0v) is 10.1. The third-order valence-electron chi connectivity index (χ3n) is 2.26. The van der Waals surface area contributed by atoms with E-state index in [4.69, 9.17) is 17.3 Å². The van der Waals surface area contributed by atoms with E-state index >= 15 is 0 Å². The summed E-state index contributed by atoms with van der Waals surface area (Å²) in [7, 11) is 0. The number of carbonyl (C=O) groups excluding carboxylic acids is 1. The third kappa shape index (κ3) is 3.29. The topological polar surface area (TPSA) is 43.1 Å². The fourth-order valence-corrected chi connectivity index (χ4v) is 1.66. The van der Waals surface area contributed by atoms with Crippen molar-refractivity contribution in [3.8, 4) is 0 Å². The molecule has 0 aliphatic rings. The van der Waals surface area contributed by atoms with E-state index in [1.807, 2.05) is 13.8 Å². The van der Waals surface area contributed by atoms with E-state index in [1.54, 1.807) is 0 Å². The number of carbonyl (C=O) groups is 1. The zero-order chi connectivity index (χ0) is 12.3. The summed E-state index contributed by atoms with van der Waals surface area (Å²) < 4.78 is 13.4. The largest absolute Gasteiger partial charge is 0.321 e. The summed E-state index contributed by atoms with van der Waals surface area (Å²) in [5.41, 5.74) is 5.72. The molecule has 0 saturated carbocycles. The van der Waals surface area contributed by atoms with Crippen molar-refractivity contribution in [1.29, 1.82) is 0 Å². The molecule has 1 aromatic rings. The van der Waals surface area contributed by atoms with Gasteiger partial charge in [0.2, 0.25) is 0 Å².